The number of para-hydroxylation sites is 1. The highest BCUT2D eigenvalue weighted by molar-refractivity contribution is 5.86. The fourth-order valence-corrected chi connectivity index (χ4v) is 5.99. The minimum Gasteiger partial charge on any atom is -0.386 e. The molecule has 4 aromatic rings. The molecular weight excluding hydrogens is 456 g/mol. The van der Waals surface area contributed by atoms with Crippen LogP contribution in [0.1, 0.15) is 62.1 Å². The molecule has 5 rings (SSSR count). The number of hydrogen-bond donors (Lipinski definition) is 3. The summed E-state index contributed by atoms with van der Waals surface area (Å²) in [6, 6.07) is 15.1. The number of fused-ring (bicyclic) bond motifs is 2. The van der Waals surface area contributed by atoms with E-state index in [1.165, 1.54) is 44.8 Å². The van der Waals surface area contributed by atoms with Crippen molar-refractivity contribution < 1.29 is 5.11 Å². The van der Waals surface area contributed by atoms with Gasteiger partial charge in [-0.15, -0.1) is 0 Å². The topological polar surface area (TPSA) is 60.9 Å². The average Bonchev–Trinajstić information content (AvgIpc) is 3.39. The second-order valence-electron chi connectivity index (χ2n) is 12.3. The van der Waals surface area contributed by atoms with E-state index in [0.717, 1.165) is 36.9 Å². The van der Waals surface area contributed by atoms with Crippen molar-refractivity contribution >= 4 is 28.0 Å². The molecule has 5 nitrogen and oxygen atoms in total. The van der Waals surface area contributed by atoms with Crippen molar-refractivity contribution in [2.45, 2.75) is 64.9 Å². The number of nitrogens with zero attached hydrogens (tertiary/aromatic N) is 2. The number of hydrogen-bond acceptors (Lipinski definition) is 3. The van der Waals surface area contributed by atoms with Crippen molar-refractivity contribution in [3.05, 3.63) is 82.8 Å². The van der Waals surface area contributed by atoms with Crippen LogP contribution >= 0.6 is 0 Å². The fourth-order valence-electron chi connectivity index (χ4n) is 5.99. The summed E-state index contributed by atoms with van der Waals surface area (Å²) < 4.78 is 0.709. The van der Waals surface area contributed by atoms with Crippen LogP contribution < -0.4 is 9.80 Å². The summed E-state index contributed by atoms with van der Waals surface area (Å²) in [5.74, 6) is 0. The zero-order chi connectivity index (χ0) is 26.6. The van der Waals surface area contributed by atoms with E-state index in [1.54, 1.807) is 0 Å². The van der Waals surface area contributed by atoms with Gasteiger partial charge in [-0.2, -0.15) is 0 Å². The molecule has 37 heavy (non-hydrogen) atoms. The Hall–Kier alpha value is -3.15. The Morgan fingerprint density at radius 2 is 1.92 bits per heavy atom. The molecule has 0 atom stereocenters. The van der Waals surface area contributed by atoms with Crippen LogP contribution in [0.4, 0.5) is 17.1 Å². The van der Waals surface area contributed by atoms with Crippen molar-refractivity contribution in [1.29, 1.82) is 0 Å². The Morgan fingerprint density at radius 1 is 1.14 bits per heavy atom. The van der Waals surface area contributed by atoms with Crippen molar-refractivity contribution in [1.82, 2.24) is 14.5 Å². The molecular formula is C32H41N4O+. The number of rotatable bonds is 7. The third-order valence-corrected chi connectivity index (χ3v) is 8.30. The smallest absolute Gasteiger partial charge is 0.144 e. The highest BCUT2D eigenvalue weighted by Crippen LogP contribution is 2.44. The van der Waals surface area contributed by atoms with Crippen molar-refractivity contribution in [2.75, 3.05) is 26.0 Å². The van der Waals surface area contributed by atoms with Gasteiger partial charge in [0.25, 0.3) is 0 Å². The van der Waals surface area contributed by atoms with Gasteiger partial charge in [-0.3, -0.25) is 9.47 Å². The summed E-state index contributed by atoms with van der Waals surface area (Å²) in [6.45, 7) is 11.3. The lowest BCUT2D eigenvalue weighted by molar-refractivity contribution is 0.0800. The number of nitrogens with one attached hydrogen (secondary N) is 2. The van der Waals surface area contributed by atoms with Gasteiger partial charge in [0.2, 0.25) is 0 Å². The van der Waals surface area contributed by atoms with Gasteiger partial charge in [0, 0.05) is 64.8 Å². The van der Waals surface area contributed by atoms with Gasteiger partial charge < -0.3 is 15.4 Å². The van der Waals surface area contributed by atoms with Crippen LogP contribution in [0.3, 0.4) is 0 Å². The lowest BCUT2D eigenvalue weighted by Crippen LogP contribution is -2.35. The van der Waals surface area contributed by atoms with Gasteiger partial charge in [0.1, 0.15) is 11.4 Å². The molecule has 0 radical (unpaired) electrons. The quantitative estimate of drug-likeness (QED) is 0.244. The Balaban J connectivity index is 1.33. The Labute approximate surface area is 221 Å². The molecule has 2 heterocycles. The Bertz CT molecular complexity index is 1460. The highest BCUT2D eigenvalue weighted by Gasteiger charge is 2.37. The van der Waals surface area contributed by atoms with E-state index < -0.39 is 5.60 Å². The lowest BCUT2D eigenvalue weighted by Gasteiger charge is -2.31. The van der Waals surface area contributed by atoms with E-state index in [4.69, 9.17) is 4.98 Å². The lowest BCUT2D eigenvalue weighted by atomic mass is 9.90. The van der Waals surface area contributed by atoms with Crippen molar-refractivity contribution in [2.24, 2.45) is 0 Å². The van der Waals surface area contributed by atoms with Crippen LogP contribution in [0.5, 0.6) is 0 Å². The number of H-pyrrole nitrogens is 1. The van der Waals surface area contributed by atoms with Crippen molar-refractivity contribution in [3.63, 3.8) is 0 Å². The summed E-state index contributed by atoms with van der Waals surface area (Å²) in [5.41, 5.74) is 10.2. The van der Waals surface area contributed by atoms with Gasteiger partial charge in [0.05, 0.1) is 30.9 Å². The molecule has 0 amide bonds. The van der Waals surface area contributed by atoms with E-state index in [9.17, 15) is 5.11 Å². The Morgan fingerprint density at radius 3 is 2.65 bits per heavy atom. The molecule has 1 aliphatic rings. The van der Waals surface area contributed by atoms with E-state index in [-0.39, 0.29) is 5.41 Å². The maximum Gasteiger partial charge on any atom is 0.144 e. The maximum atomic E-state index is 10.5. The molecule has 0 saturated carbocycles. The van der Waals surface area contributed by atoms with Gasteiger partial charge in [-0.05, 0) is 57.2 Å². The van der Waals surface area contributed by atoms with Crippen LogP contribution in [0.2, 0.25) is 0 Å². The van der Waals surface area contributed by atoms with Crippen LogP contribution in [-0.2, 0) is 23.9 Å². The molecule has 1 aliphatic carbocycles. The SMILES string of the molecule is Cc1cc([N+](C)(C)c2ccnc3c2CCC3(C)C)ccc1NCCc1c[nH]c2c(C(C)(C)O)cccc12. The molecule has 0 unspecified atom stereocenters. The summed E-state index contributed by atoms with van der Waals surface area (Å²) in [6.07, 6.45) is 7.21. The maximum absolute atomic E-state index is 10.5. The van der Waals surface area contributed by atoms with Crippen LogP contribution in [0.15, 0.2) is 54.9 Å². The standard InChI is InChI=1S/C32H41N4O/c1-21-19-23(36(6,7)28-15-18-34-30-25(28)13-16-31(30,2)3)11-12-27(21)33-17-14-22-20-35-29-24(22)9-8-10-26(29)32(4,5)37/h8-12,15,18-20,33,35,37H,13-14,16-17H2,1-7H3/q+1. The largest absolute Gasteiger partial charge is 0.386 e. The number of aromatic amines is 1. The second-order valence-corrected chi connectivity index (χ2v) is 12.3. The first-order valence-corrected chi connectivity index (χ1v) is 13.4. The van der Waals surface area contributed by atoms with E-state index in [0.29, 0.717) is 4.48 Å². The number of quaternary nitrogens is 1. The fraction of sp³-hybridized carbons (Fsp3) is 0.406. The molecule has 0 saturated heterocycles. The predicted molar refractivity (Wildman–Crippen MR) is 156 cm³/mol. The molecule has 0 fully saturated rings. The summed E-state index contributed by atoms with van der Waals surface area (Å²) in [7, 11) is 4.56. The molecule has 2 aromatic carbocycles. The zero-order valence-corrected chi connectivity index (χ0v) is 23.4. The highest BCUT2D eigenvalue weighted by atomic mass is 16.3. The third-order valence-electron chi connectivity index (χ3n) is 8.30. The molecule has 2 aromatic heterocycles. The number of aryl methyl sites for hydroxylation is 1. The second kappa shape index (κ2) is 9.00. The molecule has 5 heteroatoms. The number of pyridine rings is 1. The number of aliphatic hydroxyl groups is 1. The Kier molecular flexibility index (Phi) is 6.20. The first kappa shape index (κ1) is 25.5. The molecule has 0 spiro atoms. The molecule has 0 bridgehead atoms. The summed E-state index contributed by atoms with van der Waals surface area (Å²) >= 11 is 0. The van der Waals surface area contributed by atoms with Crippen LogP contribution in [0.25, 0.3) is 10.9 Å². The normalized spacial score (nSPS) is 15.2. The van der Waals surface area contributed by atoms with Gasteiger partial charge in [-0.25, -0.2) is 0 Å². The minimum atomic E-state index is -0.877. The van der Waals surface area contributed by atoms with Crippen LogP contribution in [0, 0.1) is 6.92 Å². The summed E-state index contributed by atoms with van der Waals surface area (Å²) in [4.78, 5) is 8.16. The zero-order valence-electron chi connectivity index (χ0n) is 23.4. The van der Waals surface area contributed by atoms with Crippen LogP contribution in [-0.4, -0.2) is 35.7 Å². The molecule has 194 valence electrons. The van der Waals surface area contributed by atoms with Gasteiger partial charge >= 0.3 is 0 Å². The minimum absolute atomic E-state index is 0.149. The van der Waals surface area contributed by atoms with Gasteiger partial charge in [-0.1, -0.05) is 32.0 Å². The number of aromatic nitrogens is 2. The first-order valence-electron chi connectivity index (χ1n) is 13.4. The van der Waals surface area contributed by atoms with Gasteiger partial charge in [0.15, 0.2) is 0 Å². The van der Waals surface area contributed by atoms with E-state index in [1.807, 2.05) is 32.2 Å². The van der Waals surface area contributed by atoms with Crippen molar-refractivity contribution in [3.8, 4) is 0 Å². The first-order chi connectivity index (χ1) is 17.4. The number of benzene rings is 2. The third kappa shape index (κ3) is 4.55. The molecule has 3 N–H and O–H groups in total. The average molecular weight is 498 g/mol. The molecule has 0 aliphatic heterocycles. The monoisotopic (exact) mass is 497 g/mol. The number of anilines is 1. The summed E-state index contributed by atoms with van der Waals surface area (Å²) in [5, 5.41) is 15.4. The predicted octanol–water partition coefficient (Wildman–Crippen LogP) is 6.88. The van der Waals surface area contributed by atoms with E-state index >= 15 is 0 Å². The van der Waals surface area contributed by atoms with E-state index in [2.05, 4.69) is 81.7 Å².